The summed E-state index contributed by atoms with van der Waals surface area (Å²) in [6.45, 7) is 7.88. The molecular formula is C9H19NO. The first kappa shape index (κ1) is 10.6. The van der Waals surface area contributed by atoms with E-state index < -0.39 is 0 Å². The minimum absolute atomic E-state index is 0.0116. The first-order valence-electron chi connectivity index (χ1n) is 4.29. The number of Topliss-reactive ketones (excluding diaryl/α,β-unsaturated/α-hetero) is 1. The predicted octanol–water partition coefficient (Wildman–Crippen LogP) is 1.58. The van der Waals surface area contributed by atoms with Crippen LogP contribution in [0.25, 0.3) is 0 Å². The number of hydrogen-bond donors (Lipinski definition) is 1. The van der Waals surface area contributed by atoms with Gasteiger partial charge in [0, 0.05) is 18.4 Å². The average molecular weight is 157 g/mol. The topological polar surface area (TPSA) is 43.1 Å². The molecule has 2 unspecified atom stereocenters. The van der Waals surface area contributed by atoms with Crippen LogP contribution in [0.15, 0.2) is 0 Å². The van der Waals surface area contributed by atoms with E-state index in [1.807, 2.05) is 27.7 Å². The standard InChI is InChI=1S/C9H19NO/c1-5-8(11)9(6(2)3)7(4)10/h6-7,9H,5,10H2,1-4H3. The molecule has 0 aromatic carbocycles. The van der Waals surface area contributed by atoms with Crippen molar-refractivity contribution in [3.8, 4) is 0 Å². The Morgan fingerprint density at radius 3 is 1.91 bits per heavy atom. The molecule has 2 atom stereocenters. The molecule has 11 heavy (non-hydrogen) atoms. The maximum atomic E-state index is 11.3. The first-order valence-corrected chi connectivity index (χ1v) is 4.29. The number of nitrogens with two attached hydrogens (primary N) is 1. The van der Waals surface area contributed by atoms with E-state index in [4.69, 9.17) is 5.73 Å². The zero-order valence-corrected chi connectivity index (χ0v) is 7.92. The lowest BCUT2D eigenvalue weighted by Crippen LogP contribution is -2.36. The summed E-state index contributed by atoms with van der Waals surface area (Å²) in [4.78, 5) is 11.3. The van der Waals surface area contributed by atoms with E-state index in [1.54, 1.807) is 0 Å². The van der Waals surface area contributed by atoms with Gasteiger partial charge in [0.05, 0.1) is 0 Å². The van der Waals surface area contributed by atoms with Gasteiger partial charge in [0.1, 0.15) is 5.78 Å². The van der Waals surface area contributed by atoms with E-state index in [1.165, 1.54) is 0 Å². The van der Waals surface area contributed by atoms with Crippen LogP contribution in [-0.2, 0) is 4.79 Å². The fourth-order valence-corrected chi connectivity index (χ4v) is 1.51. The van der Waals surface area contributed by atoms with Crippen LogP contribution in [-0.4, -0.2) is 11.8 Å². The Bertz CT molecular complexity index is 122. The molecule has 0 aromatic heterocycles. The molecule has 66 valence electrons. The van der Waals surface area contributed by atoms with Crippen molar-refractivity contribution in [2.45, 2.75) is 40.2 Å². The maximum Gasteiger partial charge on any atom is 0.137 e. The van der Waals surface area contributed by atoms with Crippen LogP contribution >= 0.6 is 0 Å². The summed E-state index contributed by atoms with van der Waals surface area (Å²) in [5.74, 6) is 0.692. The molecule has 0 aliphatic carbocycles. The molecule has 0 radical (unpaired) electrons. The molecule has 0 aliphatic heterocycles. The second-order valence-electron chi connectivity index (χ2n) is 3.45. The van der Waals surface area contributed by atoms with Gasteiger partial charge >= 0.3 is 0 Å². The summed E-state index contributed by atoms with van der Waals surface area (Å²) in [6, 6.07) is -0.0116. The first-order chi connectivity index (χ1) is 5.00. The highest BCUT2D eigenvalue weighted by Gasteiger charge is 2.23. The van der Waals surface area contributed by atoms with Gasteiger partial charge < -0.3 is 5.73 Å². The van der Waals surface area contributed by atoms with E-state index in [0.29, 0.717) is 12.3 Å². The molecule has 0 saturated carbocycles. The summed E-state index contributed by atoms with van der Waals surface area (Å²) in [5.41, 5.74) is 5.69. The molecule has 2 nitrogen and oxygen atoms in total. The summed E-state index contributed by atoms with van der Waals surface area (Å²) < 4.78 is 0. The van der Waals surface area contributed by atoms with Gasteiger partial charge in [-0.05, 0) is 12.8 Å². The van der Waals surface area contributed by atoms with Gasteiger partial charge in [-0.2, -0.15) is 0 Å². The Kier molecular flexibility index (Phi) is 4.34. The number of ketones is 1. The minimum Gasteiger partial charge on any atom is -0.327 e. The second kappa shape index (κ2) is 4.50. The van der Waals surface area contributed by atoms with Crippen molar-refractivity contribution in [2.75, 3.05) is 0 Å². The van der Waals surface area contributed by atoms with Crippen LogP contribution in [0.2, 0.25) is 0 Å². The lowest BCUT2D eigenvalue weighted by Gasteiger charge is -2.22. The van der Waals surface area contributed by atoms with Crippen LogP contribution in [0.4, 0.5) is 0 Å². The van der Waals surface area contributed by atoms with Gasteiger partial charge in [0.25, 0.3) is 0 Å². The highest BCUT2D eigenvalue weighted by Crippen LogP contribution is 2.16. The molecule has 0 heterocycles. The van der Waals surface area contributed by atoms with Gasteiger partial charge in [-0.25, -0.2) is 0 Å². The Labute approximate surface area is 69.2 Å². The van der Waals surface area contributed by atoms with Crippen LogP contribution in [0, 0.1) is 11.8 Å². The van der Waals surface area contributed by atoms with Crippen molar-refractivity contribution in [3.05, 3.63) is 0 Å². The molecular weight excluding hydrogens is 138 g/mol. The Balaban J connectivity index is 4.22. The van der Waals surface area contributed by atoms with Crippen molar-refractivity contribution < 1.29 is 4.79 Å². The molecule has 0 saturated heterocycles. The fraction of sp³-hybridized carbons (Fsp3) is 0.889. The highest BCUT2D eigenvalue weighted by atomic mass is 16.1. The molecule has 0 fully saturated rings. The monoisotopic (exact) mass is 157 g/mol. The van der Waals surface area contributed by atoms with Gasteiger partial charge in [-0.15, -0.1) is 0 Å². The third kappa shape index (κ3) is 3.02. The fourth-order valence-electron chi connectivity index (χ4n) is 1.51. The maximum absolute atomic E-state index is 11.3. The minimum atomic E-state index is -0.0116. The van der Waals surface area contributed by atoms with Crippen molar-refractivity contribution in [1.82, 2.24) is 0 Å². The van der Waals surface area contributed by atoms with Crippen LogP contribution in [0.3, 0.4) is 0 Å². The largest absolute Gasteiger partial charge is 0.327 e. The number of rotatable bonds is 4. The van der Waals surface area contributed by atoms with Crippen molar-refractivity contribution in [1.29, 1.82) is 0 Å². The molecule has 0 aromatic rings. The summed E-state index contributed by atoms with van der Waals surface area (Å²) in [6.07, 6.45) is 0.602. The van der Waals surface area contributed by atoms with E-state index in [-0.39, 0.29) is 17.7 Å². The van der Waals surface area contributed by atoms with Gasteiger partial charge in [0.2, 0.25) is 0 Å². The molecule has 0 amide bonds. The molecule has 2 N–H and O–H groups in total. The SMILES string of the molecule is CCC(=O)C(C(C)C)C(C)N. The molecule has 0 spiro atoms. The quantitative estimate of drug-likeness (QED) is 0.673. The third-order valence-corrected chi connectivity index (χ3v) is 2.00. The molecule has 0 aliphatic rings. The van der Waals surface area contributed by atoms with E-state index in [9.17, 15) is 4.79 Å². The summed E-state index contributed by atoms with van der Waals surface area (Å²) in [5, 5.41) is 0. The average Bonchev–Trinajstić information content (AvgIpc) is 1.85. The summed E-state index contributed by atoms with van der Waals surface area (Å²) >= 11 is 0. The Morgan fingerprint density at radius 1 is 1.36 bits per heavy atom. The third-order valence-electron chi connectivity index (χ3n) is 2.00. The number of carbonyl (C=O) groups is 1. The normalized spacial score (nSPS) is 16.5. The smallest absolute Gasteiger partial charge is 0.137 e. The zero-order chi connectivity index (χ0) is 9.02. The van der Waals surface area contributed by atoms with Crippen molar-refractivity contribution >= 4 is 5.78 Å². The number of carbonyl (C=O) groups excluding carboxylic acids is 1. The van der Waals surface area contributed by atoms with Crippen LogP contribution in [0.5, 0.6) is 0 Å². The lowest BCUT2D eigenvalue weighted by molar-refractivity contribution is -0.124. The molecule has 2 heteroatoms. The number of hydrogen-bond acceptors (Lipinski definition) is 2. The van der Waals surface area contributed by atoms with Crippen molar-refractivity contribution in [3.63, 3.8) is 0 Å². The van der Waals surface area contributed by atoms with Gasteiger partial charge in [0.15, 0.2) is 0 Å². The van der Waals surface area contributed by atoms with Gasteiger partial charge in [-0.3, -0.25) is 4.79 Å². The zero-order valence-electron chi connectivity index (χ0n) is 7.92. The Hall–Kier alpha value is -0.370. The van der Waals surface area contributed by atoms with Crippen LogP contribution < -0.4 is 5.73 Å². The lowest BCUT2D eigenvalue weighted by atomic mass is 9.85. The predicted molar refractivity (Wildman–Crippen MR) is 47.3 cm³/mol. The van der Waals surface area contributed by atoms with Crippen molar-refractivity contribution in [2.24, 2.45) is 17.6 Å². The van der Waals surface area contributed by atoms with E-state index in [2.05, 4.69) is 0 Å². The molecule has 0 bridgehead atoms. The summed E-state index contributed by atoms with van der Waals surface area (Å²) in [7, 11) is 0. The van der Waals surface area contributed by atoms with Gasteiger partial charge in [-0.1, -0.05) is 20.8 Å². The molecule has 0 rings (SSSR count). The van der Waals surface area contributed by atoms with E-state index >= 15 is 0 Å². The van der Waals surface area contributed by atoms with E-state index in [0.717, 1.165) is 0 Å². The Morgan fingerprint density at radius 2 is 1.82 bits per heavy atom. The second-order valence-corrected chi connectivity index (χ2v) is 3.45. The highest BCUT2D eigenvalue weighted by molar-refractivity contribution is 5.81. The van der Waals surface area contributed by atoms with Crippen LogP contribution in [0.1, 0.15) is 34.1 Å².